The molecule has 2 aromatic heterocycles. The first-order valence-electron chi connectivity index (χ1n) is 8.87. The van der Waals surface area contributed by atoms with Crippen molar-refractivity contribution in [2.75, 3.05) is 5.32 Å². The molecule has 1 N–H and O–H groups in total. The van der Waals surface area contributed by atoms with Crippen LogP contribution in [0.5, 0.6) is 0 Å². The third kappa shape index (κ3) is 3.07. The van der Waals surface area contributed by atoms with Crippen LogP contribution in [0.2, 0.25) is 0 Å². The minimum Gasteiger partial charge on any atom is -0.367 e. The predicted octanol–water partition coefficient (Wildman–Crippen LogP) is 4.02. The van der Waals surface area contributed by atoms with Crippen LogP contribution in [0.15, 0.2) is 24.4 Å². The summed E-state index contributed by atoms with van der Waals surface area (Å²) in [6, 6.07) is 6.47. The van der Waals surface area contributed by atoms with E-state index >= 15 is 0 Å². The first-order chi connectivity index (χ1) is 11.3. The summed E-state index contributed by atoms with van der Waals surface area (Å²) < 4.78 is 0. The van der Waals surface area contributed by atoms with Crippen molar-refractivity contribution in [3.63, 3.8) is 0 Å². The Hall–Kier alpha value is -1.97. The number of hydrogen-bond acceptors (Lipinski definition) is 4. The van der Waals surface area contributed by atoms with Crippen LogP contribution in [0, 0.1) is 5.92 Å². The molecule has 2 heterocycles. The highest BCUT2D eigenvalue weighted by molar-refractivity contribution is 5.58. The summed E-state index contributed by atoms with van der Waals surface area (Å²) in [7, 11) is 0. The van der Waals surface area contributed by atoms with E-state index in [2.05, 4.69) is 17.2 Å². The van der Waals surface area contributed by atoms with Crippen LogP contribution in [-0.4, -0.2) is 21.0 Å². The minimum atomic E-state index is 0.558. The molecule has 4 rings (SSSR count). The van der Waals surface area contributed by atoms with Gasteiger partial charge in [-0.15, -0.1) is 0 Å². The summed E-state index contributed by atoms with van der Waals surface area (Å²) in [6.07, 6.45) is 10.3. The lowest BCUT2D eigenvalue weighted by molar-refractivity contribution is 0.360. The number of fused-ring (bicyclic) bond motifs is 1. The number of nitrogens with one attached hydrogen (secondary N) is 1. The lowest BCUT2D eigenvalue weighted by Crippen LogP contribution is -2.26. The zero-order chi connectivity index (χ0) is 15.6. The van der Waals surface area contributed by atoms with Gasteiger partial charge < -0.3 is 5.32 Å². The van der Waals surface area contributed by atoms with Gasteiger partial charge in [0.1, 0.15) is 11.5 Å². The quantitative estimate of drug-likeness (QED) is 0.930. The van der Waals surface area contributed by atoms with Gasteiger partial charge in [-0.2, -0.15) is 0 Å². The molecule has 2 aromatic rings. The van der Waals surface area contributed by atoms with Crippen molar-refractivity contribution in [2.24, 2.45) is 5.92 Å². The Bertz CT molecular complexity index is 675. The molecule has 1 saturated carbocycles. The fraction of sp³-hybridized carbons (Fsp3) is 0.526. The summed E-state index contributed by atoms with van der Waals surface area (Å²) in [6.45, 7) is 2.36. The van der Waals surface area contributed by atoms with Crippen molar-refractivity contribution in [1.82, 2.24) is 15.0 Å². The summed E-state index contributed by atoms with van der Waals surface area (Å²) in [4.78, 5) is 14.0. The third-order valence-corrected chi connectivity index (χ3v) is 5.18. The largest absolute Gasteiger partial charge is 0.367 e. The molecule has 0 aliphatic heterocycles. The van der Waals surface area contributed by atoms with Crippen molar-refractivity contribution in [3.05, 3.63) is 35.7 Å². The van der Waals surface area contributed by atoms with Crippen LogP contribution >= 0.6 is 0 Å². The molecule has 4 heteroatoms. The van der Waals surface area contributed by atoms with Crippen LogP contribution in [0.3, 0.4) is 0 Å². The van der Waals surface area contributed by atoms with E-state index in [0.29, 0.717) is 6.04 Å². The van der Waals surface area contributed by atoms with E-state index < -0.39 is 0 Å². The lowest BCUT2D eigenvalue weighted by Gasteiger charge is -2.28. The topological polar surface area (TPSA) is 50.7 Å². The standard InChI is InChI=1S/C19H24N4/c1-13-8-10-14(11-9-13)21-18-15-5-4-7-16(15)22-19(23-18)17-6-2-3-12-20-17/h2-3,6,12-14H,4-5,7-11H2,1H3,(H,21,22,23). The zero-order valence-corrected chi connectivity index (χ0v) is 13.8. The van der Waals surface area contributed by atoms with Crippen LogP contribution in [0.25, 0.3) is 11.5 Å². The molecule has 0 aromatic carbocycles. The molecule has 1 fully saturated rings. The molecule has 0 radical (unpaired) electrons. The number of rotatable bonds is 3. The number of anilines is 1. The van der Waals surface area contributed by atoms with E-state index in [0.717, 1.165) is 36.1 Å². The van der Waals surface area contributed by atoms with Gasteiger partial charge in [0, 0.05) is 23.5 Å². The third-order valence-electron chi connectivity index (χ3n) is 5.18. The number of aromatic nitrogens is 3. The molecule has 0 amide bonds. The monoisotopic (exact) mass is 308 g/mol. The Kier molecular flexibility index (Phi) is 3.98. The van der Waals surface area contributed by atoms with Crippen LogP contribution < -0.4 is 5.32 Å². The van der Waals surface area contributed by atoms with Gasteiger partial charge in [-0.3, -0.25) is 4.98 Å². The molecule has 23 heavy (non-hydrogen) atoms. The second-order valence-corrected chi connectivity index (χ2v) is 6.99. The SMILES string of the molecule is CC1CCC(Nc2nc(-c3ccccn3)nc3c2CCC3)CC1. The van der Waals surface area contributed by atoms with E-state index in [-0.39, 0.29) is 0 Å². The van der Waals surface area contributed by atoms with Crippen LogP contribution in [0.1, 0.15) is 50.3 Å². The molecule has 0 spiro atoms. The zero-order valence-electron chi connectivity index (χ0n) is 13.8. The molecule has 4 nitrogen and oxygen atoms in total. The number of pyridine rings is 1. The molecular formula is C19H24N4. The first kappa shape index (κ1) is 14.6. The second-order valence-electron chi connectivity index (χ2n) is 6.99. The van der Waals surface area contributed by atoms with Gasteiger partial charge in [-0.25, -0.2) is 9.97 Å². The normalized spacial score (nSPS) is 23.5. The van der Waals surface area contributed by atoms with E-state index in [1.54, 1.807) is 0 Å². The Morgan fingerprint density at radius 1 is 1.04 bits per heavy atom. The maximum absolute atomic E-state index is 4.84. The van der Waals surface area contributed by atoms with Crippen LogP contribution in [0.4, 0.5) is 5.82 Å². The summed E-state index contributed by atoms with van der Waals surface area (Å²) in [5.74, 6) is 2.69. The molecule has 0 unspecified atom stereocenters. The highest BCUT2D eigenvalue weighted by Gasteiger charge is 2.24. The minimum absolute atomic E-state index is 0.558. The number of hydrogen-bond donors (Lipinski definition) is 1. The first-order valence-corrected chi connectivity index (χ1v) is 8.87. The van der Waals surface area contributed by atoms with Gasteiger partial charge in [-0.05, 0) is 63.0 Å². The molecule has 2 aliphatic rings. The molecule has 120 valence electrons. The summed E-state index contributed by atoms with van der Waals surface area (Å²) >= 11 is 0. The summed E-state index contributed by atoms with van der Waals surface area (Å²) in [5, 5.41) is 3.73. The maximum Gasteiger partial charge on any atom is 0.180 e. The van der Waals surface area contributed by atoms with E-state index in [1.807, 2.05) is 24.4 Å². The lowest BCUT2D eigenvalue weighted by atomic mass is 9.87. The van der Waals surface area contributed by atoms with Crippen molar-refractivity contribution in [1.29, 1.82) is 0 Å². The fourth-order valence-corrected chi connectivity index (χ4v) is 3.76. The second kappa shape index (κ2) is 6.26. The Labute approximate surface area is 137 Å². The fourth-order valence-electron chi connectivity index (χ4n) is 3.76. The van der Waals surface area contributed by atoms with Crippen molar-refractivity contribution in [2.45, 2.75) is 57.9 Å². The number of nitrogens with zero attached hydrogens (tertiary/aromatic N) is 3. The van der Waals surface area contributed by atoms with Gasteiger partial charge in [0.05, 0.1) is 0 Å². The van der Waals surface area contributed by atoms with Gasteiger partial charge in [0.2, 0.25) is 0 Å². The van der Waals surface area contributed by atoms with Crippen LogP contribution in [-0.2, 0) is 12.8 Å². The molecule has 0 bridgehead atoms. The molecular weight excluding hydrogens is 284 g/mol. The van der Waals surface area contributed by atoms with Crippen molar-refractivity contribution in [3.8, 4) is 11.5 Å². The highest BCUT2D eigenvalue weighted by atomic mass is 15.1. The average molecular weight is 308 g/mol. The van der Waals surface area contributed by atoms with Gasteiger partial charge >= 0.3 is 0 Å². The highest BCUT2D eigenvalue weighted by Crippen LogP contribution is 2.31. The molecule has 2 aliphatic carbocycles. The van der Waals surface area contributed by atoms with E-state index in [1.165, 1.54) is 43.4 Å². The van der Waals surface area contributed by atoms with Gasteiger partial charge in [0.15, 0.2) is 5.82 Å². The maximum atomic E-state index is 4.84. The van der Waals surface area contributed by atoms with Gasteiger partial charge in [-0.1, -0.05) is 13.0 Å². The van der Waals surface area contributed by atoms with Crippen molar-refractivity contribution >= 4 is 5.82 Å². The smallest absolute Gasteiger partial charge is 0.180 e. The average Bonchev–Trinajstić information content (AvgIpc) is 3.06. The predicted molar refractivity (Wildman–Crippen MR) is 92.3 cm³/mol. The summed E-state index contributed by atoms with van der Waals surface area (Å²) in [5.41, 5.74) is 3.41. The number of aryl methyl sites for hydroxylation is 1. The molecule has 0 saturated heterocycles. The van der Waals surface area contributed by atoms with E-state index in [9.17, 15) is 0 Å². The Balaban J connectivity index is 1.64. The Morgan fingerprint density at radius 3 is 2.70 bits per heavy atom. The van der Waals surface area contributed by atoms with Gasteiger partial charge in [0.25, 0.3) is 0 Å². The Morgan fingerprint density at radius 2 is 1.91 bits per heavy atom. The van der Waals surface area contributed by atoms with Crippen molar-refractivity contribution < 1.29 is 0 Å². The van der Waals surface area contributed by atoms with E-state index in [4.69, 9.17) is 9.97 Å². The molecule has 0 atom stereocenters.